The Morgan fingerprint density at radius 1 is 1.33 bits per heavy atom. The number of benzene rings is 1. The summed E-state index contributed by atoms with van der Waals surface area (Å²) in [7, 11) is 1.03. The van der Waals surface area contributed by atoms with Crippen molar-refractivity contribution >= 4 is 41.6 Å². The van der Waals surface area contributed by atoms with Crippen LogP contribution in [0.25, 0.3) is 0 Å². The van der Waals surface area contributed by atoms with Crippen molar-refractivity contribution in [3.05, 3.63) is 28.0 Å². The van der Waals surface area contributed by atoms with E-state index in [9.17, 15) is 17.6 Å². The van der Waals surface area contributed by atoms with Crippen LogP contribution >= 0.6 is 26.6 Å². The Balaban J connectivity index is 2.84. The van der Waals surface area contributed by atoms with Crippen LogP contribution in [0.3, 0.4) is 0 Å². The Hall–Kier alpha value is -0.660. The molecule has 0 spiro atoms. The third-order valence-electron chi connectivity index (χ3n) is 2.72. The monoisotopic (exact) mass is 400 g/mol. The molecule has 0 aliphatic heterocycles. The van der Waals surface area contributed by atoms with Gasteiger partial charge in [-0.05, 0) is 34.5 Å². The van der Waals surface area contributed by atoms with Crippen LogP contribution < -0.4 is 0 Å². The second-order valence-corrected chi connectivity index (χ2v) is 7.73. The molecule has 0 saturated heterocycles. The topological polar surface area (TPSA) is 60.4 Å². The summed E-state index contributed by atoms with van der Waals surface area (Å²) in [5.41, 5.74) is -0.189. The SMILES string of the molecule is CCCCCCOC(=O)c1cc(F)c(Br)c(S(=O)(=O)Cl)c1. The van der Waals surface area contributed by atoms with Crippen molar-refractivity contribution in [1.29, 1.82) is 0 Å². The van der Waals surface area contributed by atoms with E-state index < -0.39 is 25.7 Å². The molecule has 0 N–H and O–H groups in total. The van der Waals surface area contributed by atoms with E-state index >= 15 is 0 Å². The first kappa shape index (κ1) is 18.4. The summed E-state index contributed by atoms with van der Waals surface area (Å²) in [6.45, 7) is 2.27. The summed E-state index contributed by atoms with van der Waals surface area (Å²) in [6.07, 6.45) is 3.74. The van der Waals surface area contributed by atoms with E-state index in [1.165, 1.54) is 0 Å². The molecule has 0 aromatic heterocycles. The van der Waals surface area contributed by atoms with Gasteiger partial charge in [0.25, 0.3) is 9.05 Å². The van der Waals surface area contributed by atoms with Gasteiger partial charge < -0.3 is 4.74 Å². The Bertz CT molecular complexity index is 619. The molecule has 0 fully saturated rings. The number of halogens is 3. The lowest BCUT2D eigenvalue weighted by Gasteiger charge is -2.07. The number of carbonyl (C=O) groups excluding carboxylic acids is 1. The van der Waals surface area contributed by atoms with Crippen LogP contribution in [0.2, 0.25) is 0 Å². The number of carbonyl (C=O) groups is 1. The number of rotatable bonds is 7. The second-order valence-electron chi connectivity index (χ2n) is 4.40. The van der Waals surface area contributed by atoms with Gasteiger partial charge in [0, 0.05) is 10.7 Å². The van der Waals surface area contributed by atoms with Crippen LogP contribution in [0, 0.1) is 5.82 Å². The van der Waals surface area contributed by atoms with Crippen molar-refractivity contribution in [3.8, 4) is 0 Å². The van der Waals surface area contributed by atoms with E-state index in [1.807, 2.05) is 0 Å². The van der Waals surface area contributed by atoms with Crippen molar-refractivity contribution in [2.45, 2.75) is 37.5 Å². The molecule has 118 valence electrons. The number of ether oxygens (including phenoxy) is 1. The van der Waals surface area contributed by atoms with Gasteiger partial charge in [-0.25, -0.2) is 17.6 Å². The molecule has 0 heterocycles. The van der Waals surface area contributed by atoms with Gasteiger partial charge in [0.1, 0.15) is 10.7 Å². The standard InChI is InChI=1S/C13H15BrClFO4S/c1-2-3-4-5-6-20-13(17)9-7-10(16)12(14)11(8-9)21(15,18)19/h7-8H,2-6H2,1H3. The Labute approximate surface area is 136 Å². The molecule has 0 atom stereocenters. The van der Waals surface area contributed by atoms with Crippen molar-refractivity contribution in [3.63, 3.8) is 0 Å². The third kappa shape index (κ3) is 5.56. The first-order chi connectivity index (χ1) is 9.77. The molecule has 0 amide bonds. The smallest absolute Gasteiger partial charge is 0.338 e. The van der Waals surface area contributed by atoms with E-state index in [0.717, 1.165) is 31.4 Å². The number of hydrogen-bond acceptors (Lipinski definition) is 4. The van der Waals surface area contributed by atoms with E-state index in [-0.39, 0.29) is 16.6 Å². The molecule has 0 aliphatic rings. The van der Waals surface area contributed by atoms with Crippen LogP contribution in [-0.2, 0) is 13.8 Å². The van der Waals surface area contributed by atoms with E-state index in [4.69, 9.17) is 15.4 Å². The molecule has 21 heavy (non-hydrogen) atoms. The maximum absolute atomic E-state index is 13.6. The van der Waals surface area contributed by atoms with Gasteiger partial charge in [0.05, 0.1) is 16.6 Å². The fraction of sp³-hybridized carbons (Fsp3) is 0.462. The molecule has 1 rings (SSSR count). The highest BCUT2D eigenvalue weighted by atomic mass is 79.9. The lowest BCUT2D eigenvalue weighted by molar-refractivity contribution is 0.0497. The summed E-state index contributed by atoms with van der Waals surface area (Å²) in [5.74, 6) is -1.67. The summed E-state index contributed by atoms with van der Waals surface area (Å²) in [6, 6.07) is 1.90. The van der Waals surface area contributed by atoms with E-state index in [2.05, 4.69) is 22.9 Å². The minimum Gasteiger partial charge on any atom is -0.462 e. The minimum absolute atomic E-state index is 0.189. The van der Waals surface area contributed by atoms with Gasteiger partial charge in [-0.2, -0.15) is 0 Å². The van der Waals surface area contributed by atoms with Crippen LogP contribution in [0.4, 0.5) is 4.39 Å². The summed E-state index contributed by atoms with van der Waals surface area (Å²) >= 11 is 2.79. The van der Waals surface area contributed by atoms with Crippen LogP contribution in [-0.4, -0.2) is 21.0 Å². The molecule has 1 aromatic rings. The van der Waals surface area contributed by atoms with Gasteiger partial charge in [-0.1, -0.05) is 26.2 Å². The maximum atomic E-state index is 13.6. The lowest BCUT2D eigenvalue weighted by atomic mass is 10.2. The molecule has 0 saturated carbocycles. The Kier molecular flexibility index (Phi) is 7.09. The zero-order chi connectivity index (χ0) is 16.0. The van der Waals surface area contributed by atoms with Crippen molar-refractivity contribution in [2.24, 2.45) is 0 Å². The van der Waals surface area contributed by atoms with Crippen LogP contribution in [0.15, 0.2) is 21.5 Å². The lowest BCUT2D eigenvalue weighted by Crippen LogP contribution is -2.08. The quantitative estimate of drug-likeness (QED) is 0.389. The van der Waals surface area contributed by atoms with Crippen molar-refractivity contribution in [2.75, 3.05) is 6.61 Å². The van der Waals surface area contributed by atoms with Gasteiger partial charge in [-0.15, -0.1) is 0 Å². The van der Waals surface area contributed by atoms with E-state index in [1.54, 1.807) is 0 Å². The van der Waals surface area contributed by atoms with Gasteiger partial charge >= 0.3 is 5.97 Å². The fourth-order valence-electron chi connectivity index (χ4n) is 1.64. The molecule has 0 unspecified atom stereocenters. The molecule has 1 aromatic carbocycles. The minimum atomic E-state index is -4.17. The van der Waals surface area contributed by atoms with Gasteiger partial charge in [0.2, 0.25) is 0 Å². The predicted molar refractivity (Wildman–Crippen MR) is 81.6 cm³/mol. The third-order valence-corrected chi connectivity index (χ3v) is 5.14. The largest absolute Gasteiger partial charge is 0.462 e. The molecule has 0 radical (unpaired) electrons. The molecule has 0 bridgehead atoms. The highest BCUT2D eigenvalue weighted by Gasteiger charge is 2.21. The predicted octanol–water partition coefficient (Wildman–Crippen LogP) is 4.25. The highest BCUT2D eigenvalue weighted by molar-refractivity contribution is 9.10. The maximum Gasteiger partial charge on any atom is 0.338 e. The van der Waals surface area contributed by atoms with Crippen molar-refractivity contribution < 1.29 is 22.3 Å². The van der Waals surface area contributed by atoms with Gasteiger partial charge in [-0.3, -0.25) is 0 Å². The number of esters is 1. The highest BCUT2D eigenvalue weighted by Crippen LogP contribution is 2.29. The summed E-state index contributed by atoms with van der Waals surface area (Å²) < 4.78 is 41.0. The molecule has 0 aliphatic carbocycles. The van der Waals surface area contributed by atoms with E-state index in [0.29, 0.717) is 6.42 Å². The molecule has 8 heteroatoms. The average Bonchev–Trinajstić information content (AvgIpc) is 2.39. The zero-order valence-corrected chi connectivity index (χ0v) is 14.5. The summed E-state index contributed by atoms with van der Waals surface area (Å²) in [5, 5.41) is 0. The van der Waals surface area contributed by atoms with Gasteiger partial charge in [0.15, 0.2) is 0 Å². The Morgan fingerprint density at radius 2 is 2.00 bits per heavy atom. The second kappa shape index (κ2) is 8.10. The normalized spacial score (nSPS) is 11.4. The van der Waals surface area contributed by atoms with Crippen LogP contribution in [0.5, 0.6) is 0 Å². The fourth-order valence-corrected chi connectivity index (χ4v) is 3.73. The molecular weight excluding hydrogens is 387 g/mol. The Morgan fingerprint density at radius 3 is 2.57 bits per heavy atom. The van der Waals surface area contributed by atoms with Crippen molar-refractivity contribution in [1.82, 2.24) is 0 Å². The summed E-state index contributed by atoms with van der Waals surface area (Å²) in [4.78, 5) is 11.3. The average molecular weight is 402 g/mol. The first-order valence-corrected chi connectivity index (χ1v) is 9.48. The molecule has 4 nitrogen and oxygen atoms in total. The molecular formula is C13H15BrClFO4S. The zero-order valence-electron chi connectivity index (χ0n) is 11.4. The number of unbranched alkanes of at least 4 members (excludes halogenated alkanes) is 3. The first-order valence-electron chi connectivity index (χ1n) is 6.38. The van der Waals surface area contributed by atoms with Crippen LogP contribution in [0.1, 0.15) is 43.0 Å². The number of hydrogen-bond donors (Lipinski definition) is 0.